The lowest BCUT2D eigenvalue weighted by Gasteiger charge is -2.22. The lowest BCUT2D eigenvalue weighted by molar-refractivity contribution is -0.131. The van der Waals surface area contributed by atoms with Crippen LogP contribution in [0.25, 0.3) is 6.08 Å². The average Bonchev–Trinajstić information content (AvgIpc) is 2.36. The van der Waals surface area contributed by atoms with Gasteiger partial charge in [-0.3, -0.25) is 4.79 Å². The Morgan fingerprint density at radius 1 is 1.45 bits per heavy atom. The van der Waals surface area contributed by atoms with Crippen LogP contribution < -0.4 is 10.2 Å². The number of aliphatic carboxylic acids is 1. The third-order valence-corrected chi connectivity index (χ3v) is 2.86. The Balaban J connectivity index is 3.02. The molecule has 0 aliphatic heterocycles. The number of likely N-dealkylation sites (N-methyl/N-ethyl adjacent to an activating group) is 2. The zero-order chi connectivity index (χ0) is 15.1. The van der Waals surface area contributed by atoms with Crippen molar-refractivity contribution in [1.82, 2.24) is 5.32 Å². The van der Waals surface area contributed by atoms with Gasteiger partial charge in [-0.05, 0) is 24.6 Å². The van der Waals surface area contributed by atoms with Crippen molar-refractivity contribution in [3.8, 4) is 0 Å². The normalized spacial score (nSPS) is 10.6. The van der Waals surface area contributed by atoms with E-state index in [0.717, 1.165) is 6.08 Å². The van der Waals surface area contributed by atoms with E-state index in [-0.39, 0.29) is 12.5 Å². The summed E-state index contributed by atoms with van der Waals surface area (Å²) in [6, 6.07) is 5.17. The Hall–Kier alpha value is -2.01. The summed E-state index contributed by atoms with van der Waals surface area (Å²) in [5, 5.41) is 11.9. The van der Waals surface area contributed by atoms with Gasteiger partial charge in [-0.15, -0.1) is 0 Å². The molecule has 1 aromatic carbocycles. The molecule has 0 bridgehead atoms. The van der Waals surface area contributed by atoms with Gasteiger partial charge < -0.3 is 15.3 Å². The first-order valence-electron chi connectivity index (χ1n) is 6.13. The summed E-state index contributed by atoms with van der Waals surface area (Å²) in [5.74, 6) is -1.16. The topological polar surface area (TPSA) is 69.6 Å². The Kier molecular flexibility index (Phi) is 6.06. The minimum Gasteiger partial charge on any atom is -0.478 e. The van der Waals surface area contributed by atoms with Crippen LogP contribution in [0.1, 0.15) is 12.5 Å². The molecule has 0 aliphatic carbocycles. The molecular weight excluding hydrogens is 280 g/mol. The van der Waals surface area contributed by atoms with Gasteiger partial charge in [0.25, 0.3) is 0 Å². The number of hydrogen-bond donors (Lipinski definition) is 2. The van der Waals surface area contributed by atoms with Crippen LogP contribution in [-0.4, -0.2) is 37.1 Å². The molecule has 0 aromatic heterocycles. The van der Waals surface area contributed by atoms with E-state index in [1.807, 2.05) is 6.92 Å². The predicted octanol–water partition coefficient (Wildman–Crippen LogP) is 2.01. The number of carboxylic acids is 1. The Morgan fingerprint density at radius 2 is 2.15 bits per heavy atom. The molecule has 0 spiro atoms. The molecule has 0 unspecified atom stereocenters. The van der Waals surface area contributed by atoms with Crippen LogP contribution >= 0.6 is 11.6 Å². The minimum atomic E-state index is -1.04. The van der Waals surface area contributed by atoms with Crippen LogP contribution in [-0.2, 0) is 9.59 Å². The Morgan fingerprint density at radius 3 is 2.75 bits per heavy atom. The van der Waals surface area contributed by atoms with Crippen molar-refractivity contribution in [2.45, 2.75) is 6.92 Å². The molecule has 0 aliphatic rings. The Labute approximate surface area is 122 Å². The van der Waals surface area contributed by atoms with E-state index in [0.29, 0.717) is 22.8 Å². The average molecular weight is 297 g/mol. The quantitative estimate of drug-likeness (QED) is 0.788. The second-order valence-corrected chi connectivity index (χ2v) is 4.57. The lowest BCUT2D eigenvalue weighted by atomic mass is 10.1. The number of rotatable bonds is 6. The van der Waals surface area contributed by atoms with Gasteiger partial charge in [0.15, 0.2) is 0 Å². The molecule has 6 heteroatoms. The zero-order valence-corrected chi connectivity index (χ0v) is 12.1. The Bertz CT molecular complexity index is 529. The number of hydrogen-bond acceptors (Lipinski definition) is 3. The summed E-state index contributed by atoms with van der Waals surface area (Å²) >= 11 is 6.15. The number of amides is 1. The molecule has 0 fully saturated rings. The van der Waals surface area contributed by atoms with Crippen molar-refractivity contribution in [3.63, 3.8) is 0 Å². The fourth-order valence-electron chi connectivity index (χ4n) is 1.78. The minimum absolute atomic E-state index is 0.122. The molecule has 2 N–H and O–H groups in total. The van der Waals surface area contributed by atoms with E-state index in [2.05, 4.69) is 5.32 Å². The second-order valence-electron chi connectivity index (χ2n) is 4.16. The largest absolute Gasteiger partial charge is 0.478 e. The number of carbonyl (C=O) groups excluding carboxylic acids is 1. The molecule has 0 saturated heterocycles. The molecular formula is C14H17ClN2O3. The van der Waals surface area contributed by atoms with Gasteiger partial charge in [0.1, 0.15) is 0 Å². The van der Waals surface area contributed by atoms with Crippen molar-refractivity contribution < 1.29 is 14.7 Å². The van der Waals surface area contributed by atoms with Gasteiger partial charge in [-0.25, -0.2) is 4.79 Å². The van der Waals surface area contributed by atoms with Crippen molar-refractivity contribution in [1.29, 1.82) is 0 Å². The highest BCUT2D eigenvalue weighted by atomic mass is 35.5. The van der Waals surface area contributed by atoms with Crippen LogP contribution in [0.4, 0.5) is 5.69 Å². The van der Waals surface area contributed by atoms with E-state index in [1.54, 1.807) is 30.1 Å². The van der Waals surface area contributed by atoms with E-state index < -0.39 is 5.97 Å². The van der Waals surface area contributed by atoms with Crippen molar-refractivity contribution >= 4 is 35.2 Å². The summed E-state index contributed by atoms with van der Waals surface area (Å²) in [4.78, 5) is 23.9. The van der Waals surface area contributed by atoms with E-state index in [1.165, 1.54) is 6.08 Å². The standard InChI is InChI=1S/C14H17ClN2O3/c1-3-16-12(18)9-17(2)14-10(7-8-13(19)20)5-4-6-11(14)15/h4-8H,3,9H2,1-2H3,(H,16,18)(H,19,20)/b8-7+. The molecule has 0 radical (unpaired) electrons. The molecule has 1 rings (SSSR count). The maximum Gasteiger partial charge on any atom is 0.328 e. The van der Waals surface area contributed by atoms with E-state index in [9.17, 15) is 9.59 Å². The number of nitrogens with one attached hydrogen (secondary N) is 1. The number of benzene rings is 1. The highest BCUT2D eigenvalue weighted by Crippen LogP contribution is 2.29. The number of para-hydroxylation sites is 1. The van der Waals surface area contributed by atoms with Crippen LogP contribution in [0.15, 0.2) is 24.3 Å². The fourth-order valence-corrected chi connectivity index (χ4v) is 2.10. The predicted molar refractivity (Wildman–Crippen MR) is 80.1 cm³/mol. The van der Waals surface area contributed by atoms with Gasteiger partial charge in [0, 0.05) is 19.7 Å². The third-order valence-electron chi connectivity index (χ3n) is 2.56. The first-order chi connectivity index (χ1) is 9.45. The summed E-state index contributed by atoms with van der Waals surface area (Å²) in [6.45, 7) is 2.54. The zero-order valence-electron chi connectivity index (χ0n) is 11.4. The maximum atomic E-state index is 11.6. The monoisotopic (exact) mass is 296 g/mol. The van der Waals surface area contributed by atoms with Gasteiger partial charge in [0.2, 0.25) is 5.91 Å². The van der Waals surface area contributed by atoms with Crippen molar-refractivity contribution in [2.75, 3.05) is 25.0 Å². The van der Waals surface area contributed by atoms with Gasteiger partial charge in [-0.1, -0.05) is 23.7 Å². The van der Waals surface area contributed by atoms with Gasteiger partial charge in [0.05, 0.1) is 17.3 Å². The third kappa shape index (κ3) is 4.59. The molecule has 108 valence electrons. The second kappa shape index (κ2) is 7.55. The summed E-state index contributed by atoms with van der Waals surface area (Å²) in [5.41, 5.74) is 1.27. The summed E-state index contributed by atoms with van der Waals surface area (Å²) in [7, 11) is 1.73. The van der Waals surface area contributed by atoms with Gasteiger partial charge in [-0.2, -0.15) is 0 Å². The highest BCUT2D eigenvalue weighted by Gasteiger charge is 2.13. The van der Waals surface area contributed by atoms with Crippen LogP contribution in [0, 0.1) is 0 Å². The number of nitrogens with zero attached hydrogens (tertiary/aromatic N) is 1. The molecule has 0 atom stereocenters. The summed E-state index contributed by atoms with van der Waals surface area (Å²) < 4.78 is 0. The van der Waals surface area contributed by atoms with Crippen LogP contribution in [0.2, 0.25) is 5.02 Å². The van der Waals surface area contributed by atoms with Crippen LogP contribution in [0.3, 0.4) is 0 Å². The van der Waals surface area contributed by atoms with E-state index in [4.69, 9.17) is 16.7 Å². The maximum absolute atomic E-state index is 11.6. The number of anilines is 1. The molecule has 1 aromatic rings. The van der Waals surface area contributed by atoms with Gasteiger partial charge >= 0.3 is 5.97 Å². The lowest BCUT2D eigenvalue weighted by Crippen LogP contribution is -2.35. The summed E-state index contributed by atoms with van der Waals surface area (Å²) in [6.07, 6.45) is 2.49. The SMILES string of the molecule is CCNC(=O)CN(C)c1c(Cl)cccc1/C=C/C(=O)O. The molecule has 0 saturated carbocycles. The van der Waals surface area contributed by atoms with Crippen molar-refractivity contribution in [3.05, 3.63) is 34.9 Å². The smallest absolute Gasteiger partial charge is 0.328 e. The molecule has 0 heterocycles. The number of carbonyl (C=O) groups is 2. The highest BCUT2D eigenvalue weighted by molar-refractivity contribution is 6.33. The fraction of sp³-hybridized carbons (Fsp3) is 0.286. The molecule has 5 nitrogen and oxygen atoms in total. The number of carboxylic acid groups (broad SMARTS) is 1. The number of halogens is 1. The molecule has 20 heavy (non-hydrogen) atoms. The molecule has 1 amide bonds. The first-order valence-corrected chi connectivity index (χ1v) is 6.50. The first kappa shape index (κ1) is 16.0. The van der Waals surface area contributed by atoms with Crippen LogP contribution in [0.5, 0.6) is 0 Å². The van der Waals surface area contributed by atoms with Crippen molar-refractivity contribution in [2.24, 2.45) is 0 Å². The van der Waals surface area contributed by atoms with E-state index >= 15 is 0 Å².